The van der Waals surface area contributed by atoms with Crippen molar-refractivity contribution in [1.29, 1.82) is 0 Å². The summed E-state index contributed by atoms with van der Waals surface area (Å²) in [7, 11) is 0. The quantitative estimate of drug-likeness (QED) is 0.618. The molecular formula is C23H21ClN2O3. The van der Waals surface area contributed by atoms with Gasteiger partial charge in [-0.1, -0.05) is 23.7 Å². The van der Waals surface area contributed by atoms with Crippen molar-refractivity contribution in [2.45, 2.75) is 32.7 Å². The Hall–Kier alpha value is -3.05. The molecule has 1 aliphatic rings. The fraction of sp³-hybridized carbons (Fsp3) is 0.217. The Morgan fingerprint density at radius 2 is 1.97 bits per heavy atom. The van der Waals surface area contributed by atoms with Crippen molar-refractivity contribution in [2.24, 2.45) is 0 Å². The van der Waals surface area contributed by atoms with Crippen LogP contribution in [0.5, 0.6) is 11.5 Å². The lowest BCUT2D eigenvalue weighted by molar-refractivity contribution is 0.0972. The zero-order valence-corrected chi connectivity index (χ0v) is 16.9. The van der Waals surface area contributed by atoms with Crippen LogP contribution in [-0.2, 0) is 6.42 Å². The maximum atomic E-state index is 13.3. The third-order valence-electron chi connectivity index (χ3n) is 5.41. The topological polar surface area (TPSA) is 73.7 Å². The van der Waals surface area contributed by atoms with Crippen LogP contribution in [0.2, 0.25) is 5.02 Å². The smallest absolute Gasteiger partial charge is 0.262 e. The standard InChI is InChI=1S/C23H21ClN2O3/c1-13-4-3-9-25-22(13)16-7-8-19-15(10-16)6-5-14(2)26(19)23(29)17-11-18(24)21(28)12-20(17)27/h3-4,7-12,14,27-28H,5-6H2,1-2H3. The van der Waals surface area contributed by atoms with Crippen molar-refractivity contribution in [3.63, 3.8) is 0 Å². The maximum absolute atomic E-state index is 13.3. The van der Waals surface area contributed by atoms with Gasteiger partial charge in [-0.05, 0) is 62.1 Å². The van der Waals surface area contributed by atoms with Crippen LogP contribution in [0.15, 0.2) is 48.7 Å². The van der Waals surface area contributed by atoms with Gasteiger partial charge in [0.25, 0.3) is 5.91 Å². The predicted octanol–water partition coefficient (Wildman–Crippen LogP) is 5.10. The van der Waals surface area contributed by atoms with E-state index in [0.717, 1.165) is 47.0 Å². The second kappa shape index (κ2) is 7.41. The Kier molecular flexibility index (Phi) is 4.92. The molecule has 0 spiro atoms. The normalized spacial score (nSPS) is 15.8. The summed E-state index contributed by atoms with van der Waals surface area (Å²) in [5, 5.41) is 19.9. The van der Waals surface area contributed by atoms with Gasteiger partial charge in [0.15, 0.2) is 0 Å². The van der Waals surface area contributed by atoms with Gasteiger partial charge in [0.1, 0.15) is 11.5 Å². The van der Waals surface area contributed by atoms with Crippen LogP contribution in [0.25, 0.3) is 11.3 Å². The van der Waals surface area contributed by atoms with Gasteiger partial charge in [-0.2, -0.15) is 0 Å². The van der Waals surface area contributed by atoms with Gasteiger partial charge in [-0.3, -0.25) is 9.78 Å². The predicted molar refractivity (Wildman–Crippen MR) is 114 cm³/mol. The molecule has 1 unspecified atom stereocenters. The number of benzene rings is 2. The highest BCUT2D eigenvalue weighted by atomic mass is 35.5. The lowest BCUT2D eigenvalue weighted by Gasteiger charge is -2.35. The summed E-state index contributed by atoms with van der Waals surface area (Å²) in [5.41, 5.74) is 4.97. The van der Waals surface area contributed by atoms with E-state index in [1.807, 2.05) is 38.1 Å². The molecule has 0 radical (unpaired) electrons. The van der Waals surface area contributed by atoms with E-state index < -0.39 is 0 Å². The number of pyridine rings is 1. The van der Waals surface area contributed by atoms with Gasteiger partial charge < -0.3 is 15.1 Å². The molecule has 2 heterocycles. The van der Waals surface area contributed by atoms with E-state index >= 15 is 0 Å². The molecule has 148 valence electrons. The summed E-state index contributed by atoms with van der Waals surface area (Å²) < 4.78 is 0. The molecule has 5 nitrogen and oxygen atoms in total. The fourth-order valence-electron chi connectivity index (χ4n) is 3.85. The third kappa shape index (κ3) is 3.42. The number of aryl methyl sites for hydroxylation is 2. The lowest BCUT2D eigenvalue weighted by Crippen LogP contribution is -2.42. The minimum absolute atomic E-state index is 0.0250. The van der Waals surface area contributed by atoms with E-state index in [4.69, 9.17) is 11.6 Å². The first kappa shape index (κ1) is 19.3. The monoisotopic (exact) mass is 408 g/mol. The molecule has 1 atom stereocenters. The van der Waals surface area contributed by atoms with Crippen molar-refractivity contribution < 1.29 is 15.0 Å². The molecule has 0 saturated heterocycles. The Labute approximate surface area is 174 Å². The number of carbonyl (C=O) groups excluding carboxylic acids is 1. The summed E-state index contributed by atoms with van der Waals surface area (Å²) in [6.45, 7) is 4.01. The molecule has 1 aliphatic heterocycles. The molecule has 0 fully saturated rings. The first-order chi connectivity index (χ1) is 13.9. The number of fused-ring (bicyclic) bond motifs is 1. The van der Waals surface area contributed by atoms with E-state index in [9.17, 15) is 15.0 Å². The number of hydrogen-bond donors (Lipinski definition) is 2. The maximum Gasteiger partial charge on any atom is 0.262 e. The zero-order valence-electron chi connectivity index (χ0n) is 16.2. The molecule has 29 heavy (non-hydrogen) atoms. The molecule has 0 aliphatic carbocycles. The third-order valence-corrected chi connectivity index (χ3v) is 5.71. The minimum atomic E-state index is -0.348. The Morgan fingerprint density at radius 3 is 2.72 bits per heavy atom. The molecule has 4 rings (SSSR count). The molecule has 3 aromatic rings. The summed E-state index contributed by atoms with van der Waals surface area (Å²) in [6, 6.07) is 12.3. The summed E-state index contributed by atoms with van der Waals surface area (Å²) in [5.74, 6) is -0.903. The molecule has 2 N–H and O–H groups in total. The number of rotatable bonds is 2. The number of phenols is 2. The number of anilines is 1. The van der Waals surface area contributed by atoms with Crippen LogP contribution in [0.1, 0.15) is 34.8 Å². The van der Waals surface area contributed by atoms with E-state index in [1.165, 1.54) is 6.07 Å². The summed E-state index contributed by atoms with van der Waals surface area (Å²) >= 11 is 5.97. The summed E-state index contributed by atoms with van der Waals surface area (Å²) in [6.07, 6.45) is 3.43. The van der Waals surface area contributed by atoms with Crippen molar-refractivity contribution >= 4 is 23.2 Å². The molecule has 0 bridgehead atoms. The number of hydrogen-bond acceptors (Lipinski definition) is 4. The number of amides is 1. The number of halogens is 1. The molecule has 1 amide bonds. The Balaban J connectivity index is 1.77. The number of phenolic OH excluding ortho intramolecular Hbond substituents is 2. The Bertz CT molecular complexity index is 1110. The second-order valence-corrected chi connectivity index (χ2v) is 7.80. The van der Waals surface area contributed by atoms with Crippen molar-refractivity contribution in [3.05, 3.63) is 70.4 Å². The van der Waals surface area contributed by atoms with Gasteiger partial charge in [0, 0.05) is 29.6 Å². The van der Waals surface area contributed by atoms with Gasteiger partial charge in [-0.25, -0.2) is 0 Å². The van der Waals surface area contributed by atoms with Gasteiger partial charge >= 0.3 is 0 Å². The van der Waals surface area contributed by atoms with E-state index in [-0.39, 0.29) is 34.0 Å². The largest absolute Gasteiger partial charge is 0.507 e. The minimum Gasteiger partial charge on any atom is -0.507 e. The molecule has 1 aromatic heterocycles. The van der Waals surface area contributed by atoms with E-state index in [1.54, 1.807) is 11.1 Å². The van der Waals surface area contributed by atoms with Crippen molar-refractivity contribution in [3.8, 4) is 22.8 Å². The second-order valence-electron chi connectivity index (χ2n) is 7.40. The number of carbonyl (C=O) groups is 1. The molecule has 6 heteroatoms. The Morgan fingerprint density at radius 1 is 1.17 bits per heavy atom. The molecular weight excluding hydrogens is 388 g/mol. The average Bonchev–Trinajstić information content (AvgIpc) is 2.70. The number of aromatic nitrogens is 1. The van der Waals surface area contributed by atoms with Crippen molar-refractivity contribution in [1.82, 2.24) is 4.98 Å². The molecule has 0 saturated carbocycles. The fourth-order valence-corrected chi connectivity index (χ4v) is 4.01. The highest BCUT2D eigenvalue weighted by Crippen LogP contribution is 2.38. The summed E-state index contributed by atoms with van der Waals surface area (Å²) in [4.78, 5) is 19.5. The highest BCUT2D eigenvalue weighted by Gasteiger charge is 2.31. The van der Waals surface area contributed by atoms with Gasteiger partial charge in [0.05, 0.1) is 16.3 Å². The van der Waals surface area contributed by atoms with Gasteiger partial charge in [-0.15, -0.1) is 0 Å². The van der Waals surface area contributed by atoms with Gasteiger partial charge in [0.2, 0.25) is 0 Å². The van der Waals surface area contributed by atoms with Crippen LogP contribution in [0.4, 0.5) is 5.69 Å². The molecule has 2 aromatic carbocycles. The van der Waals surface area contributed by atoms with Crippen LogP contribution < -0.4 is 4.90 Å². The highest BCUT2D eigenvalue weighted by molar-refractivity contribution is 6.32. The van der Waals surface area contributed by atoms with Crippen LogP contribution >= 0.6 is 11.6 Å². The number of aromatic hydroxyl groups is 2. The van der Waals surface area contributed by atoms with E-state index in [0.29, 0.717) is 0 Å². The first-order valence-electron chi connectivity index (χ1n) is 9.46. The average molecular weight is 409 g/mol. The SMILES string of the molecule is Cc1cccnc1-c1ccc2c(c1)CCC(C)N2C(=O)c1cc(Cl)c(O)cc1O. The van der Waals surface area contributed by atoms with E-state index in [2.05, 4.69) is 11.1 Å². The van der Waals surface area contributed by atoms with Crippen molar-refractivity contribution in [2.75, 3.05) is 4.90 Å². The van der Waals surface area contributed by atoms with Crippen LogP contribution in [0.3, 0.4) is 0 Å². The zero-order chi connectivity index (χ0) is 20.7. The number of nitrogens with zero attached hydrogens (tertiary/aromatic N) is 2. The lowest BCUT2D eigenvalue weighted by atomic mass is 9.92. The first-order valence-corrected chi connectivity index (χ1v) is 9.84. The van der Waals surface area contributed by atoms with Crippen LogP contribution in [0, 0.1) is 6.92 Å². The van der Waals surface area contributed by atoms with Crippen LogP contribution in [-0.4, -0.2) is 27.1 Å².